The number of aromatic nitrogens is 2. The first-order valence-corrected chi connectivity index (χ1v) is 13.1. The molecule has 0 saturated carbocycles. The van der Waals surface area contributed by atoms with Crippen molar-refractivity contribution in [1.29, 1.82) is 0 Å². The number of nitrogens with zero attached hydrogens (tertiary/aromatic N) is 4. The molecular formula is C27H32N4O6S. The molecule has 4 rings (SSSR count). The lowest BCUT2D eigenvalue weighted by Gasteiger charge is -2.31. The first-order chi connectivity index (χ1) is 18.0. The summed E-state index contributed by atoms with van der Waals surface area (Å²) in [4.78, 5) is 47.8. The fraction of sp³-hybridized carbons (Fsp3) is 0.407. The smallest absolute Gasteiger partial charge is 0.412 e. The molecule has 1 saturated heterocycles. The number of benzene rings is 1. The van der Waals surface area contributed by atoms with E-state index < -0.39 is 23.1 Å². The van der Waals surface area contributed by atoms with Crippen LogP contribution in [0, 0.1) is 0 Å². The zero-order chi connectivity index (χ0) is 27.8. The average molecular weight is 541 g/mol. The van der Waals surface area contributed by atoms with Crippen molar-refractivity contribution < 1.29 is 28.6 Å². The van der Waals surface area contributed by atoms with E-state index in [2.05, 4.69) is 4.98 Å². The van der Waals surface area contributed by atoms with Crippen molar-refractivity contribution in [2.24, 2.45) is 0 Å². The lowest BCUT2D eigenvalue weighted by atomic mass is 10.0. The highest BCUT2D eigenvalue weighted by atomic mass is 32.2. The van der Waals surface area contributed by atoms with Crippen LogP contribution in [0.2, 0.25) is 0 Å². The van der Waals surface area contributed by atoms with Crippen molar-refractivity contribution in [2.45, 2.75) is 37.8 Å². The average Bonchev–Trinajstić information content (AvgIpc) is 3.48. The number of pyridine rings is 1. The number of ether oxygens (including phenoxy) is 3. The number of ketones is 1. The van der Waals surface area contributed by atoms with E-state index in [1.165, 1.54) is 46.5 Å². The van der Waals surface area contributed by atoms with Crippen molar-refractivity contribution in [2.75, 3.05) is 34.1 Å². The number of thioether (sulfide) groups is 1. The number of methoxy groups -OCH3 is 2. The highest BCUT2D eigenvalue weighted by Gasteiger charge is 2.45. The maximum atomic E-state index is 14.2. The number of Topliss-reactive ketones (excluding diaryl/α,β-unsaturated/α-hetero) is 1. The first-order valence-electron chi connectivity index (χ1n) is 12.0. The summed E-state index contributed by atoms with van der Waals surface area (Å²) < 4.78 is 18.0. The van der Waals surface area contributed by atoms with Gasteiger partial charge >= 0.3 is 12.1 Å². The van der Waals surface area contributed by atoms with Gasteiger partial charge in [-0.15, -0.1) is 11.8 Å². The van der Waals surface area contributed by atoms with Gasteiger partial charge in [0.1, 0.15) is 17.0 Å². The maximum Gasteiger partial charge on any atom is 0.412 e. The minimum Gasteiger partial charge on any atom is -0.493 e. The Bertz CT molecular complexity index is 1370. The van der Waals surface area contributed by atoms with Crippen molar-refractivity contribution >= 4 is 40.6 Å². The van der Waals surface area contributed by atoms with Gasteiger partial charge < -0.3 is 19.1 Å². The number of carbonyl (C=O) groups is 3. The van der Waals surface area contributed by atoms with Crippen LogP contribution in [0.15, 0.2) is 42.9 Å². The van der Waals surface area contributed by atoms with Crippen LogP contribution in [-0.2, 0) is 4.74 Å². The predicted molar refractivity (Wildman–Crippen MR) is 145 cm³/mol. The van der Waals surface area contributed by atoms with Gasteiger partial charge in [-0.2, -0.15) is 0 Å². The van der Waals surface area contributed by atoms with Gasteiger partial charge in [0, 0.05) is 61.0 Å². The number of hydrogen-bond donors (Lipinski definition) is 0. The molecule has 0 spiro atoms. The molecule has 11 heteroatoms. The fourth-order valence-electron chi connectivity index (χ4n) is 4.33. The molecule has 1 unspecified atom stereocenters. The fourth-order valence-corrected chi connectivity index (χ4v) is 5.73. The van der Waals surface area contributed by atoms with Crippen LogP contribution >= 0.6 is 11.8 Å². The molecule has 1 aromatic carbocycles. The van der Waals surface area contributed by atoms with Gasteiger partial charge in [-0.3, -0.25) is 19.2 Å². The Morgan fingerprint density at radius 1 is 1.11 bits per heavy atom. The highest BCUT2D eigenvalue weighted by Crippen LogP contribution is 2.44. The molecule has 2 aromatic heterocycles. The lowest BCUT2D eigenvalue weighted by Crippen LogP contribution is -2.45. The van der Waals surface area contributed by atoms with Gasteiger partial charge in [-0.25, -0.2) is 9.59 Å². The van der Waals surface area contributed by atoms with Crippen molar-refractivity contribution in [3.63, 3.8) is 0 Å². The van der Waals surface area contributed by atoms with E-state index in [1.807, 2.05) is 6.07 Å². The van der Waals surface area contributed by atoms with Crippen molar-refractivity contribution in [3.8, 4) is 11.5 Å². The van der Waals surface area contributed by atoms with E-state index in [0.29, 0.717) is 33.7 Å². The number of fused-ring (bicyclic) bond motifs is 1. The second kappa shape index (κ2) is 10.6. The number of rotatable bonds is 5. The van der Waals surface area contributed by atoms with E-state index in [0.717, 1.165) is 5.56 Å². The molecule has 0 radical (unpaired) electrons. The zero-order valence-electron chi connectivity index (χ0n) is 22.5. The van der Waals surface area contributed by atoms with E-state index in [1.54, 1.807) is 65.5 Å². The summed E-state index contributed by atoms with van der Waals surface area (Å²) in [5.41, 5.74) is 0.815. The molecule has 0 N–H and O–H groups in total. The van der Waals surface area contributed by atoms with Gasteiger partial charge in [0.15, 0.2) is 17.3 Å². The molecule has 3 aromatic rings. The maximum absolute atomic E-state index is 14.2. The van der Waals surface area contributed by atoms with Crippen LogP contribution in [0.3, 0.4) is 0 Å². The van der Waals surface area contributed by atoms with Gasteiger partial charge in [0.05, 0.1) is 19.7 Å². The van der Waals surface area contributed by atoms with Crippen molar-refractivity contribution in [3.05, 3.63) is 54.0 Å². The van der Waals surface area contributed by atoms with Crippen LogP contribution < -0.4 is 9.47 Å². The molecule has 2 atom stereocenters. The Balaban J connectivity index is 1.84. The van der Waals surface area contributed by atoms with E-state index in [4.69, 9.17) is 14.2 Å². The Labute approximate surface area is 225 Å². The van der Waals surface area contributed by atoms with Gasteiger partial charge in [0.25, 0.3) is 0 Å². The van der Waals surface area contributed by atoms with Gasteiger partial charge in [0.2, 0.25) is 0 Å². The molecule has 10 nitrogen and oxygen atoms in total. The largest absolute Gasteiger partial charge is 0.493 e. The number of carbonyl (C=O) groups excluding carboxylic acids is 3. The molecule has 0 aliphatic carbocycles. The predicted octanol–water partition coefficient (Wildman–Crippen LogP) is 4.82. The van der Waals surface area contributed by atoms with Crippen LogP contribution in [0.4, 0.5) is 9.59 Å². The summed E-state index contributed by atoms with van der Waals surface area (Å²) in [6.45, 7) is 5.35. The molecule has 202 valence electrons. The Hall–Kier alpha value is -3.73. The van der Waals surface area contributed by atoms with Gasteiger partial charge in [-0.1, -0.05) is 6.07 Å². The monoisotopic (exact) mass is 540 g/mol. The molecule has 1 aliphatic heterocycles. The Morgan fingerprint density at radius 3 is 2.37 bits per heavy atom. The molecule has 1 aliphatic rings. The highest BCUT2D eigenvalue weighted by molar-refractivity contribution is 7.99. The lowest BCUT2D eigenvalue weighted by molar-refractivity contribution is 0.0172. The summed E-state index contributed by atoms with van der Waals surface area (Å²) in [5.74, 6) is 0.881. The zero-order valence-corrected chi connectivity index (χ0v) is 23.4. The number of amides is 2. The van der Waals surface area contributed by atoms with Crippen molar-refractivity contribution in [1.82, 2.24) is 19.4 Å². The van der Waals surface area contributed by atoms with E-state index >= 15 is 0 Å². The quantitative estimate of drug-likeness (QED) is 0.425. The second-order valence-electron chi connectivity index (χ2n) is 10.1. The van der Waals surface area contributed by atoms with Gasteiger partial charge in [-0.05, 0) is 32.9 Å². The van der Waals surface area contributed by atoms with Crippen LogP contribution in [0.1, 0.15) is 42.1 Å². The van der Waals surface area contributed by atoms with Crippen LogP contribution in [0.5, 0.6) is 11.5 Å². The summed E-state index contributed by atoms with van der Waals surface area (Å²) in [6.07, 6.45) is 4.26. The molecule has 1 fully saturated rings. The molecule has 3 heterocycles. The normalized spacial score (nSPS) is 17.4. The van der Waals surface area contributed by atoms with E-state index in [-0.39, 0.29) is 11.8 Å². The topological polar surface area (TPSA) is 103 Å². The standard InChI is InChI=1S/C27H32N4O6S/c1-27(2,3)37-26(34)31-20(15-38-24(31)16-9-8-10-28-13-16)23(32)18-14-30(25(33)29(4)5)19-12-22(36-7)21(35-6)11-17(18)19/h8-14,20,24H,15H2,1-7H3/t20-,24?/m0/s1. The minimum atomic E-state index is -0.832. The molecule has 0 bridgehead atoms. The molecule has 38 heavy (non-hydrogen) atoms. The summed E-state index contributed by atoms with van der Waals surface area (Å²) in [6, 6.07) is 5.84. The minimum absolute atomic E-state index is 0.294. The second-order valence-corrected chi connectivity index (χ2v) is 11.2. The third-order valence-corrected chi connectivity index (χ3v) is 7.36. The third-order valence-electron chi connectivity index (χ3n) is 6.04. The summed E-state index contributed by atoms with van der Waals surface area (Å²) in [5, 5.41) is 0.0562. The molecular weight excluding hydrogens is 508 g/mol. The Morgan fingerprint density at radius 2 is 1.79 bits per heavy atom. The van der Waals surface area contributed by atoms with Crippen LogP contribution in [-0.4, -0.2) is 83.0 Å². The van der Waals surface area contributed by atoms with Crippen LogP contribution in [0.25, 0.3) is 10.9 Å². The SMILES string of the molecule is COc1cc2c(C(=O)[C@@H]3CSC(c4cccnc4)N3C(=O)OC(C)(C)C)cn(C(=O)N(C)C)c2cc1OC. The third kappa shape index (κ3) is 5.15. The number of hydrogen-bond acceptors (Lipinski definition) is 8. The van der Waals surface area contributed by atoms with E-state index in [9.17, 15) is 14.4 Å². The molecule has 2 amide bonds. The Kier molecular flexibility index (Phi) is 7.59. The first kappa shape index (κ1) is 27.3. The summed E-state index contributed by atoms with van der Waals surface area (Å²) >= 11 is 1.46. The summed E-state index contributed by atoms with van der Waals surface area (Å²) in [7, 11) is 6.27.